The molecule has 1 aromatic carbocycles. The van der Waals surface area contributed by atoms with Crippen LogP contribution >= 0.6 is 15.9 Å². The van der Waals surface area contributed by atoms with Crippen LogP contribution in [0.3, 0.4) is 0 Å². The zero-order valence-electron chi connectivity index (χ0n) is 15.1. The molecule has 0 unspecified atom stereocenters. The van der Waals surface area contributed by atoms with E-state index in [1.807, 2.05) is 6.07 Å². The second-order valence-electron chi connectivity index (χ2n) is 6.78. The van der Waals surface area contributed by atoms with Gasteiger partial charge in [0.15, 0.2) is 0 Å². The lowest BCUT2D eigenvalue weighted by molar-refractivity contribution is 0.0941. The SMILES string of the molecule is Cc1nn(C(=O)c2ccccc2Br)c(C)c1S(=O)(=O)N1CCC(C)CC1. The molecule has 0 bridgehead atoms. The van der Waals surface area contributed by atoms with Gasteiger partial charge >= 0.3 is 0 Å². The van der Waals surface area contributed by atoms with E-state index in [1.54, 1.807) is 32.0 Å². The first-order valence-corrected chi connectivity index (χ1v) is 10.8. The van der Waals surface area contributed by atoms with E-state index in [2.05, 4.69) is 28.0 Å². The van der Waals surface area contributed by atoms with Gasteiger partial charge in [0.25, 0.3) is 5.91 Å². The molecule has 0 spiro atoms. The van der Waals surface area contributed by atoms with Gasteiger partial charge in [-0.3, -0.25) is 4.79 Å². The Hall–Kier alpha value is -1.51. The van der Waals surface area contributed by atoms with Gasteiger partial charge in [-0.25, -0.2) is 8.42 Å². The molecular weight excluding hydrogens is 418 g/mol. The van der Waals surface area contributed by atoms with E-state index in [4.69, 9.17) is 0 Å². The standard InChI is InChI=1S/C18H22BrN3O3S/c1-12-8-10-21(11-9-12)26(24,25)17-13(2)20-22(14(17)3)18(23)15-6-4-5-7-16(15)19/h4-7,12H,8-11H2,1-3H3. The first kappa shape index (κ1) is 19.3. The smallest absolute Gasteiger partial charge is 0.267 e. The van der Waals surface area contributed by atoms with Crippen molar-refractivity contribution in [3.05, 3.63) is 45.7 Å². The predicted molar refractivity (Wildman–Crippen MR) is 103 cm³/mol. The van der Waals surface area contributed by atoms with E-state index in [0.29, 0.717) is 40.4 Å². The highest BCUT2D eigenvalue weighted by atomic mass is 79.9. The largest absolute Gasteiger partial charge is 0.279 e. The quantitative estimate of drug-likeness (QED) is 0.734. The minimum absolute atomic E-state index is 0.146. The molecule has 0 aliphatic carbocycles. The first-order chi connectivity index (χ1) is 12.2. The molecule has 0 saturated carbocycles. The average Bonchev–Trinajstić information content (AvgIpc) is 2.90. The summed E-state index contributed by atoms with van der Waals surface area (Å²) in [5.74, 6) is 0.176. The number of nitrogens with zero attached hydrogens (tertiary/aromatic N) is 3. The molecule has 6 nitrogen and oxygen atoms in total. The van der Waals surface area contributed by atoms with Crippen molar-refractivity contribution >= 4 is 31.9 Å². The summed E-state index contributed by atoms with van der Waals surface area (Å²) >= 11 is 3.36. The summed E-state index contributed by atoms with van der Waals surface area (Å²) in [4.78, 5) is 13.0. The molecule has 0 radical (unpaired) electrons. The normalized spacial score (nSPS) is 16.8. The molecule has 1 aromatic heterocycles. The number of halogens is 1. The predicted octanol–water partition coefficient (Wildman–Crippen LogP) is 3.37. The van der Waals surface area contributed by atoms with Crippen molar-refractivity contribution < 1.29 is 13.2 Å². The lowest BCUT2D eigenvalue weighted by Gasteiger charge is -2.29. The summed E-state index contributed by atoms with van der Waals surface area (Å²) in [6.45, 7) is 6.41. The molecule has 0 atom stereocenters. The highest BCUT2D eigenvalue weighted by molar-refractivity contribution is 9.10. The van der Waals surface area contributed by atoms with Crippen LogP contribution < -0.4 is 0 Å². The van der Waals surface area contributed by atoms with Gasteiger partial charge in [0.05, 0.1) is 17.0 Å². The number of carbonyl (C=O) groups excluding carboxylic acids is 1. The second-order valence-corrected chi connectivity index (χ2v) is 9.51. The third-order valence-corrected chi connectivity index (χ3v) is 7.71. The molecule has 0 amide bonds. The van der Waals surface area contributed by atoms with Crippen molar-refractivity contribution in [1.29, 1.82) is 0 Å². The molecule has 26 heavy (non-hydrogen) atoms. The Morgan fingerprint density at radius 1 is 1.19 bits per heavy atom. The fourth-order valence-corrected chi connectivity index (χ4v) is 5.58. The molecule has 0 N–H and O–H groups in total. The summed E-state index contributed by atoms with van der Waals surface area (Å²) < 4.78 is 29.6. The van der Waals surface area contributed by atoms with Crippen LogP contribution in [0.25, 0.3) is 0 Å². The number of aryl methyl sites for hydroxylation is 1. The molecule has 1 aliphatic rings. The minimum Gasteiger partial charge on any atom is -0.267 e. The zero-order valence-corrected chi connectivity index (χ0v) is 17.5. The van der Waals surface area contributed by atoms with E-state index in [0.717, 1.165) is 12.8 Å². The van der Waals surface area contributed by atoms with Gasteiger partial charge < -0.3 is 0 Å². The third kappa shape index (κ3) is 3.37. The summed E-state index contributed by atoms with van der Waals surface area (Å²) in [6.07, 6.45) is 1.70. The number of hydrogen-bond donors (Lipinski definition) is 0. The number of sulfonamides is 1. The molecular formula is C18H22BrN3O3S. The van der Waals surface area contributed by atoms with E-state index < -0.39 is 10.0 Å². The van der Waals surface area contributed by atoms with Gasteiger partial charge in [0.1, 0.15) is 4.90 Å². The summed E-state index contributed by atoms with van der Waals surface area (Å²) in [5, 5.41) is 4.24. The van der Waals surface area contributed by atoms with Crippen LogP contribution in [-0.2, 0) is 10.0 Å². The maximum absolute atomic E-state index is 13.1. The second kappa shape index (κ2) is 7.25. The molecule has 2 heterocycles. The minimum atomic E-state index is -3.67. The Balaban J connectivity index is 2.01. The maximum atomic E-state index is 13.1. The maximum Gasteiger partial charge on any atom is 0.279 e. The topological polar surface area (TPSA) is 72.3 Å². The number of rotatable bonds is 3. The number of piperidine rings is 1. The average molecular weight is 440 g/mol. The van der Waals surface area contributed by atoms with Gasteiger partial charge in [-0.2, -0.15) is 14.1 Å². The molecule has 2 aromatic rings. The van der Waals surface area contributed by atoms with Crippen molar-refractivity contribution in [2.24, 2.45) is 5.92 Å². The van der Waals surface area contributed by atoms with Crippen LogP contribution in [0, 0.1) is 19.8 Å². The highest BCUT2D eigenvalue weighted by Crippen LogP contribution is 2.28. The van der Waals surface area contributed by atoms with Crippen LogP contribution in [-0.4, -0.2) is 41.5 Å². The van der Waals surface area contributed by atoms with Crippen LogP contribution in [0.2, 0.25) is 0 Å². The number of aromatic nitrogens is 2. The lowest BCUT2D eigenvalue weighted by Crippen LogP contribution is -2.38. The Morgan fingerprint density at radius 2 is 1.81 bits per heavy atom. The Morgan fingerprint density at radius 3 is 2.42 bits per heavy atom. The van der Waals surface area contributed by atoms with E-state index in [9.17, 15) is 13.2 Å². The summed E-state index contributed by atoms with van der Waals surface area (Å²) in [6, 6.07) is 7.03. The van der Waals surface area contributed by atoms with Gasteiger partial charge in [0.2, 0.25) is 10.0 Å². The van der Waals surface area contributed by atoms with Crippen molar-refractivity contribution in [3.8, 4) is 0 Å². The molecule has 8 heteroatoms. The van der Waals surface area contributed by atoms with Gasteiger partial charge in [-0.05, 0) is 60.7 Å². The fourth-order valence-electron chi connectivity index (χ4n) is 3.30. The first-order valence-electron chi connectivity index (χ1n) is 8.59. The Bertz CT molecular complexity index is 945. The van der Waals surface area contributed by atoms with E-state index in [1.165, 1.54) is 8.99 Å². The number of carbonyl (C=O) groups is 1. The lowest BCUT2D eigenvalue weighted by atomic mass is 10.0. The third-order valence-electron chi connectivity index (χ3n) is 4.86. The summed E-state index contributed by atoms with van der Waals surface area (Å²) in [7, 11) is -3.67. The monoisotopic (exact) mass is 439 g/mol. The van der Waals surface area contributed by atoms with Crippen LogP contribution in [0.15, 0.2) is 33.6 Å². The molecule has 1 saturated heterocycles. The number of benzene rings is 1. The van der Waals surface area contributed by atoms with Gasteiger partial charge in [-0.15, -0.1) is 0 Å². The van der Waals surface area contributed by atoms with Crippen molar-refractivity contribution in [2.75, 3.05) is 13.1 Å². The van der Waals surface area contributed by atoms with E-state index >= 15 is 0 Å². The van der Waals surface area contributed by atoms with Crippen molar-refractivity contribution in [2.45, 2.75) is 38.5 Å². The van der Waals surface area contributed by atoms with Crippen LogP contribution in [0.5, 0.6) is 0 Å². The highest BCUT2D eigenvalue weighted by Gasteiger charge is 2.34. The Kier molecular flexibility index (Phi) is 5.37. The fraction of sp³-hybridized carbons (Fsp3) is 0.444. The van der Waals surface area contributed by atoms with Crippen molar-refractivity contribution in [3.63, 3.8) is 0 Å². The summed E-state index contributed by atoms with van der Waals surface area (Å²) in [5.41, 5.74) is 1.14. The zero-order chi connectivity index (χ0) is 19.1. The molecule has 1 aliphatic heterocycles. The van der Waals surface area contributed by atoms with Gasteiger partial charge in [-0.1, -0.05) is 19.1 Å². The van der Waals surface area contributed by atoms with Gasteiger partial charge in [0, 0.05) is 17.6 Å². The van der Waals surface area contributed by atoms with Crippen molar-refractivity contribution in [1.82, 2.24) is 14.1 Å². The van der Waals surface area contributed by atoms with E-state index in [-0.39, 0.29) is 10.8 Å². The molecule has 3 rings (SSSR count). The molecule has 1 fully saturated rings. The van der Waals surface area contributed by atoms with Crippen LogP contribution in [0.4, 0.5) is 0 Å². The van der Waals surface area contributed by atoms with Crippen LogP contribution in [0.1, 0.15) is 41.5 Å². The number of hydrogen-bond acceptors (Lipinski definition) is 4. The molecule has 140 valence electrons. The Labute approximate surface area is 162 Å².